The summed E-state index contributed by atoms with van der Waals surface area (Å²) in [6, 6.07) is 16.5. The quantitative estimate of drug-likeness (QED) is 0.135. The number of anilines is 2. The first-order chi connectivity index (χ1) is 25.9. The molecule has 6 aromatic rings. The van der Waals surface area contributed by atoms with E-state index in [2.05, 4.69) is 31.9 Å². The number of carbonyl (C=O) groups excluding carboxylic acids is 4. The third kappa shape index (κ3) is 4.96. The molecule has 55 heavy (non-hydrogen) atoms. The van der Waals surface area contributed by atoms with Crippen molar-refractivity contribution in [2.75, 3.05) is 9.80 Å². The minimum atomic E-state index is -6.26. The fourth-order valence-electron chi connectivity index (χ4n) is 7.41. The van der Waals surface area contributed by atoms with Crippen LogP contribution < -0.4 is 9.80 Å². The van der Waals surface area contributed by atoms with Crippen LogP contribution in [-0.4, -0.2) is 46.2 Å². The average Bonchev–Trinajstić information content (AvgIpc) is 3.12. The number of imide groups is 2. The lowest BCUT2D eigenvalue weighted by Crippen LogP contribution is -2.55. The molecule has 2 heterocycles. The van der Waals surface area contributed by atoms with Crippen molar-refractivity contribution < 1.29 is 55.7 Å². The summed E-state index contributed by atoms with van der Waals surface area (Å²) in [5, 5.41) is 23.0. The SMILES string of the molecule is O=C1c2cccc3c(Br)ccc(c23)C(=O)N1c1cc(C(c2ccc(O)c(N3C(=O)c4cccc5c(Br)ccc(c45)C3=O)c2)(C(F)(F)F)C(F)(F)F)ccc1O. The zero-order valence-corrected chi connectivity index (χ0v) is 30.4. The minimum absolute atomic E-state index is 0.111. The number of carbonyl (C=O) groups is 4. The molecule has 0 saturated heterocycles. The summed E-state index contributed by atoms with van der Waals surface area (Å²) in [5.41, 5.74) is -10.6. The molecule has 0 radical (unpaired) electrons. The number of hydrogen-bond acceptors (Lipinski definition) is 6. The van der Waals surface area contributed by atoms with Gasteiger partial charge in [-0.15, -0.1) is 0 Å². The van der Waals surface area contributed by atoms with Crippen LogP contribution in [0.3, 0.4) is 0 Å². The van der Waals surface area contributed by atoms with Crippen molar-refractivity contribution in [2.45, 2.75) is 17.8 Å². The molecular weight excluding hydrogens is 866 g/mol. The fourth-order valence-corrected chi connectivity index (χ4v) is 8.34. The number of benzene rings is 6. The third-order valence-electron chi connectivity index (χ3n) is 9.86. The lowest BCUT2D eigenvalue weighted by Gasteiger charge is -2.39. The van der Waals surface area contributed by atoms with Crippen molar-refractivity contribution in [1.82, 2.24) is 0 Å². The lowest BCUT2D eigenvalue weighted by atomic mass is 9.72. The molecule has 276 valence electrons. The summed E-state index contributed by atoms with van der Waals surface area (Å²) in [6.45, 7) is 0. The van der Waals surface area contributed by atoms with Gasteiger partial charge in [-0.2, -0.15) is 26.3 Å². The lowest BCUT2D eigenvalue weighted by molar-refractivity contribution is -0.288. The van der Waals surface area contributed by atoms with Crippen molar-refractivity contribution in [1.29, 1.82) is 0 Å². The molecule has 2 aliphatic rings. The van der Waals surface area contributed by atoms with Crippen molar-refractivity contribution in [3.05, 3.63) is 139 Å². The van der Waals surface area contributed by atoms with Gasteiger partial charge in [0.15, 0.2) is 0 Å². The van der Waals surface area contributed by atoms with E-state index in [4.69, 9.17) is 0 Å². The number of phenolic OH excluding ortho intramolecular Hbond substituents is 2. The van der Waals surface area contributed by atoms with Gasteiger partial charge in [-0.05, 0) is 82.6 Å². The summed E-state index contributed by atoms with van der Waals surface area (Å²) in [7, 11) is 0. The Morgan fingerprint density at radius 1 is 0.473 bits per heavy atom. The Kier molecular flexibility index (Phi) is 8.00. The zero-order valence-electron chi connectivity index (χ0n) is 27.2. The molecule has 0 bridgehead atoms. The van der Waals surface area contributed by atoms with Crippen molar-refractivity contribution >= 4 is 88.4 Å². The molecule has 16 heteroatoms. The first-order valence-electron chi connectivity index (χ1n) is 15.9. The maximum absolute atomic E-state index is 15.5. The molecule has 2 N–H and O–H groups in total. The summed E-state index contributed by atoms with van der Waals surface area (Å²) in [6.07, 6.45) is -12.5. The second-order valence-electron chi connectivity index (χ2n) is 12.7. The van der Waals surface area contributed by atoms with Crippen LogP contribution in [0.25, 0.3) is 21.5 Å². The van der Waals surface area contributed by atoms with E-state index in [1.807, 2.05) is 0 Å². The van der Waals surface area contributed by atoms with Gasteiger partial charge < -0.3 is 10.2 Å². The first kappa shape index (κ1) is 36.2. The molecular formula is C39H18Br2F6N2O6. The number of alkyl halides is 6. The Morgan fingerprint density at radius 2 is 0.818 bits per heavy atom. The van der Waals surface area contributed by atoms with E-state index in [0.29, 0.717) is 53.8 Å². The Balaban J connectivity index is 1.33. The summed E-state index contributed by atoms with van der Waals surface area (Å²) >= 11 is 6.66. The van der Waals surface area contributed by atoms with Crippen LogP contribution in [0.2, 0.25) is 0 Å². The average molecular weight is 884 g/mol. The summed E-state index contributed by atoms with van der Waals surface area (Å²) in [4.78, 5) is 55.9. The highest BCUT2D eigenvalue weighted by Gasteiger charge is 2.73. The van der Waals surface area contributed by atoms with Gasteiger partial charge in [0.2, 0.25) is 5.41 Å². The number of phenols is 2. The maximum Gasteiger partial charge on any atom is 0.411 e. The Hall–Kier alpha value is -5.74. The number of rotatable bonds is 4. The van der Waals surface area contributed by atoms with Gasteiger partial charge in [0.1, 0.15) is 11.5 Å². The molecule has 0 aromatic heterocycles. The molecule has 8 nitrogen and oxygen atoms in total. The van der Waals surface area contributed by atoms with Crippen LogP contribution in [0, 0.1) is 0 Å². The van der Waals surface area contributed by atoms with Crippen LogP contribution in [0.15, 0.2) is 106 Å². The minimum Gasteiger partial charge on any atom is -0.506 e. The normalized spacial score (nSPS) is 14.8. The van der Waals surface area contributed by atoms with E-state index < -0.39 is 75.4 Å². The Labute approximate surface area is 321 Å². The maximum atomic E-state index is 15.5. The Morgan fingerprint density at radius 3 is 1.16 bits per heavy atom. The zero-order chi connectivity index (χ0) is 39.5. The van der Waals surface area contributed by atoms with E-state index in [-0.39, 0.29) is 45.2 Å². The van der Waals surface area contributed by atoms with E-state index >= 15 is 26.3 Å². The predicted molar refractivity (Wildman–Crippen MR) is 195 cm³/mol. The van der Waals surface area contributed by atoms with E-state index in [9.17, 15) is 29.4 Å². The fraction of sp³-hybridized carbons (Fsp3) is 0.0769. The number of nitrogens with zero attached hydrogens (tertiary/aromatic N) is 2. The van der Waals surface area contributed by atoms with Crippen molar-refractivity contribution in [3.63, 3.8) is 0 Å². The molecule has 6 aromatic carbocycles. The van der Waals surface area contributed by atoms with Gasteiger partial charge in [-0.25, -0.2) is 9.80 Å². The standard InChI is InChI=1S/C39H18Br2F6N2O6/c40-25-11-9-23-31-19(25)3-1-5-21(31)33(52)48(35(23)54)27-15-17(7-13-29(27)50)37(38(42,43)44,39(45,46)47)18-8-14-30(51)28(16-18)49-34(53)22-6-2-4-20-26(41)12-10-24(32(20)22)36(49)55/h1-16,50-51H. The van der Waals surface area contributed by atoms with Gasteiger partial charge in [0, 0.05) is 42.0 Å². The molecule has 0 unspecified atom stereocenters. The highest BCUT2D eigenvalue weighted by Crippen LogP contribution is 2.58. The number of halogens is 8. The highest BCUT2D eigenvalue weighted by atomic mass is 79.9. The highest BCUT2D eigenvalue weighted by molar-refractivity contribution is 9.11. The van der Waals surface area contributed by atoms with Crippen LogP contribution in [-0.2, 0) is 5.41 Å². The van der Waals surface area contributed by atoms with Gasteiger partial charge in [0.25, 0.3) is 23.6 Å². The molecule has 8 rings (SSSR count). The topological polar surface area (TPSA) is 115 Å². The molecule has 0 saturated carbocycles. The smallest absolute Gasteiger partial charge is 0.411 e. The second kappa shape index (κ2) is 12.1. The largest absolute Gasteiger partial charge is 0.506 e. The number of hydrogen-bond donors (Lipinski definition) is 2. The third-order valence-corrected chi connectivity index (χ3v) is 11.2. The summed E-state index contributed by atoms with van der Waals surface area (Å²) in [5.74, 6) is -6.51. The van der Waals surface area contributed by atoms with E-state index in [1.54, 1.807) is 12.1 Å². The second-order valence-corrected chi connectivity index (χ2v) is 14.4. The molecule has 4 amide bonds. The van der Waals surface area contributed by atoms with E-state index in [1.165, 1.54) is 48.5 Å². The molecule has 2 aliphatic heterocycles. The van der Waals surface area contributed by atoms with Gasteiger partial charge in [-0.1, -0.05) is 68.3 Å². The number of aromatic hydroxyl groups is 2. The van der Waals surface area contributed by atoms with Crippen LogP contribution in [0.1, 0.15) is 52.6 Å². The monoisotopic (exact) mass is 882 g/mol. The van der Waals surface area contributed by atoms with Crippen LogP contribution >= 0.6 is 31.9 Å². The molecule has 0 aliphatic carbocycles. The molecule has 0 spiro atoms. The van der Waals surface area contributed by atoms with Crippen molar-refractivity contribution in [2.24, 2.45) is 0 Å². The summed E-state index contributed by atoms with van der Waals surface area (Å²) < 4.78 is 94.1. The van der Waals surface area contributed by atoms with Crippen LogP contribution in [0.5, 0.6) is 11.5 Å². The van der Waals surface area contributed by atoms with Gasteiger partial charge >= 0.3 is 12.4 Å². The predicted octanol–water partition coefficient (Wildman–Crippen LogP) is 9.94. The van der Waals surface area contributed by atoms with Gasteiger partial charge in [0.05, 0.1) is 11.4 Å². The van der Waals surface area contributed by atoms with E-state index in [0.717, 1.165) is 0 Å². The Bertz CT molecular complexity index is 2520. The molecule has 0 fully saturated rings. The first-order valence-corrected chi connectivity index (χ1v) is 17.5. The van der Waals surface area contributed by atoms with Gasteiger partial charge in [-0.3, -0.25) is 19.2 Å². The van der Waals surface area contributed by atoms with Crippen LogP contribution in [0.4, 0.5) is 37.7 Å². The number of amides is 4. The van der Waals surface area contributed by atoms with Crippen molar-refractivity contribution in [3.8, 4) is 11.5 Å². The molecule has 0 atom stereocenters.